The molecule has 2 N–H and O–H groups in total. The standard InChI is InChI=1S/C10H15NO2/c1-3-12-10-5-4-9(7-13-11)8(2)6-10/h4-6H,3,7,11H2,1-2H3. The van der Waals surface area contributed by atoms with E-state index in [-0.39, 0.29) is 0 Å². The highest BCUT2D eigenvalue weighted by Gasteiger charge is 1.99. The molecule has 0 heterocycles. The van der Waals surface area contributed by atoms with Gasteiger partial charge in [-0.15, -0.1) is 0 Å². The molecule has 0 fully saturated rings. The summed E-state index contributed by atoms with van der Waals surface area (Å²) >= 11 is 0. The zero-order valence-electron chi connectivity index (χ0n) is 8.04. The minimum absolute atomic E-state index is 0.443. The Morgan fingerprint density at radius 2 is 2.15 bits per heavy atom. The van der Waals surface area contributed by atoms with Crippen LogP contribution in [0.2, 0.25) is 0 Å². The van der Waals surface area contributed by atoms with E-state index in [1.54, 1.807) is 0 Å². The first kappa shape index (κ1) is 10.0. The Morgan fingerprint density at radius 1 is 1.38 bits per heavy atom. The monoisotopic (exact) mass is 181 g/mol. The highest BCUT2D eigenvalue weighted by Crippen LogP contribution is 2.17. The van der Waals surface area contributed by atoms with Crippen LogP contribution in [-0.4, -0.2) is 6.61 Å². The summed E-state index contributed by atoms with van der Waals surface area (Å²) < 4.78 is 5.35. The van der Waals surface area contributed by atoms with Crippen molar-refractivity contribution in [2.75, 3.05) is 6.61 Å². The Morgan fingerprint density at radius 3 is 2.69 bits per heavy atom. The van der Waals surface area contributed by atoms with Crippen molar-refractivity contribution >= 4 is 0 Å². The van der Waals surface area contributed by atoms with Gasteiger partial charge >= 0.3 is 0 Å². The second-order valence-electron chi connectivity index (χ2n) is 2.83. The molecule has 3 heteroatoms. The molecule has 3 nitrogen and oxygen atoms in total. The molecule has 1 rings (SSSR count). The van der Waals surface area contributed by atoms with Crippen molar-refractivity contribution in [3.8, 4) is 5.75 Å². The van der Waals surface area contributed by atoms with Crippen LogP contribution in [0.3, 0.4) is 0 Å². The number of hydrogen-bond donors (Lipinski definition) is 1. The van der Waals surface area contributed by atoms with Crippen LogP contribution in [0.15, 0.2) is 18.2 Å². The highest BCUT2D eigenvalue weighted by molar-refractivity contribution is 5.34. The lowest BCUT2D eigenvalue weighted by atomic mass is 10.1. The van der Waals surface area contributed by atoms with E-state index in [2.05, 4.69) is 4.84 Å². The van der Waals surface area contributed by atoms with Crippen molar-refractivity contribution in [1.29, 1.82) is 0 Å². The minimum Gasteiger partial charge on any atom is -0.494 e. The third-order valence-corrected chi connectivity index (χ3v) is 1.86. The lowest BCUT2D eigenvalue weighted by Crippen LogP contribution is -2.01. The fraction of sp³-hybridized carbons (Fsp3) is 0.400. The predicted octanol–water partition coefficient (Wildman–Crippen LogP) is 1.78. The SMILES string of the molecule is CCOc1ccc(CON)c(C)c1. The van der Waals surface area contributed by atoms with Gasteiger partial charge in [0.15, 0.2) is 0 Å². The molecule has 0 spiro atoms. The molecule has 0 radical (unpaired) electrons. The van der Waals surface area contributed by atoms with Crippen molar-refractivity contribution in [1.82, 2.24) is 0 Å². The molecule has 1 aromatic carbocycles. The Balaban J connectivity index is 2.79. The summed E-state index contributed by atoms with van der Waals surface area (Å²) in [6.07, 6.45) is 0. The van der Waals surface area contributed by atoms with E-state index in [0.29, 0.717) is 13.2 Å². The van der Waals surface area contributed by atoms with Crippen LogP contribution in [-0.2, 0) is 11.4 Å². The second-order valence-corrected chi connectivity index (χ2v) is 2.83. The maximum atomic E-state index is 5.35. The Labute approximate surface area is 78.4 Å². The molecule has 0 aliphatic carbocycles. The highest BCUT2D eigenvalue weighted by atomic mass is 16.6. The summed E-state index contributed by atoms with van der Waals surface area (Å²) in [7, 11) is 0. The number of hydrogen-bond acceptors (Lipinski definition) is 3. The van der Waals surface area contributed by atoms with Gasteiger partial charge in [-0.1, -0.05) is 6.07 Å². The first-order chi connectivity index (χ1) is 6.27. The molecule has 13 heavy (non-hydrogen) atoms. The van der Waals surface area contributed by atoms with E-state index < -0.39 is 0 Å². The molecule has 0 bridgehead atoms. The van der Waals surface area contributed by atoms with E-state index >= 15 is 0 Å². The maximum Gasteiger partial charge on any atom is 0.119 e. The molecule has 1 aromatic rings. The van der Waals surface area contributed by atoms with Gasteiger partial charge in [-0.25, -0.2) is 5.90 Å². The lowest BCUT2D eigenvalue weighted by molar-refractivity contribution is 0.123. The smallest absolute Gasteiger partial charge is 0.119 e. The van der Waals surface area contributed by atoms with Crippen molar-refractivity contribution in [2.24, 2.45) is 5.90 Å². The summed E-state index contributed by atoms with van der Waals surface area (Å²) in [6, 6.07) is 5.87. The predicted molar refractivity (Wildman–Crippen MR) is 51.3 cm³/mol. The van der Waals surface area contributed by atoms with Crippen molar-refractivity contribution in [3.05, 3.63) is 29.3 Å². The van der Waals surface area contributed by atoms with Gasteiger partial charge in [0.1, 0.15) is 5.75 Å². The number of aryl methyl sites for hydroxylation is 1. The molecule has 72 valence electrons. The van der Waals surface area contributed by atoms with Gasteiger partial charge < -0.3 is 4.74 Å². The lowest BCUT2D eigenvalue weighted by Gasteiger charge is -2.07. The van der Waals surface area contributed by atoms with Crippen LogP contribution >= 0.6 is 0 Å². The van der Waals surface area contributed by atoms with Gasteiger partial charge in [-0.3, -0.25) is 4.84 Å². The molecule has 0 aromatic heterocycles. The average Bonchev–Trinajstić information content (AvgIpc) is 2.10. The summed E-state index contributed by atoms with van der Waals surface area (Å²) in [5.41, 5.74) is 2.22. The van der Waals surface area contributed by atoms with Gasteiger partial charge in [0, 0.05) is 0 Å². The molecule has 0 unspecified atom stereocenters. The average molecular weight is 181 g/mol. The summed E-state index contributed by atoms with van der Waals surface area (Å²) in [4.78, 5) is 4.57. The van der Waals surface area contributed by atoms with E-state index in [1.807, 2.05) is 32.0 Å². The largest absolute Gasteiger partial charge is 0.494 e. The van der Waals surface area contributed by atoms with Crippen molar-refractivity contribution in [2.45, 2.75) is 20.5 Å². The molecule has 0 saturated heterocycles. The van der Waals surface area contributed by atoms with Crippen LogP contribution in [0, 0.1) is 6.92 Å². The molecule has 0 amide bonds. The third-order valence-electron chi connectivity index (χ3n) is 1.86. The first-order valence-corrected chi connectivity index (χ1v) is 4.32. The zero-order valence-corrected chi connectivity index (χ0v) is 8.04. The van der Waals surface area contributed by atoms with Crippen LogP contribution < -0.4 is 10.6 Å². The fourth-order valence-corrected chi connectivity index (χ4v) is 1.18. The molecule has 0 aliphatic rings. The van der Waals surface area contributed by atoms with Crippen molar-refractivity contribution in [3.63, 3.8) is 0 Å². The van der Waals surface area contributed by atoms with Gasteiger partial charge in [0.25, 0.3) is 0 Å². The molecule has 0 saturated carbocycles. The minimum atomic E-state index is 0.443. The van der Waals surface area contributed by atoms with E-state index in [9.17, 15) is 0 Å². The Hall–Kier alpha value is -1.06. The van der Waals surface area contributed by atoms with Crippen LogP contribution in [0.5, 0.6) is 5.75 Å². The molecule has 0 atom stereocenters. The van der Waals surface area contributed by atoms with Crippen molar-refractivity contribution < 1.29 is 9.57 Å². The number of benzene rings is 1. The van der Waals surface area contributed by atoms with Gasteiger partial charge in [-0.2, -0.15) is 0 Å². The Kier molecular flexibility index (Phi) is 3.73. The van der Waals surface area contributed by atoms with Gasteiger partial charge in [0.2, 0.25) is 0 Å². The van der Waals surface area contributed by atoms with Gasteiger partial charge in [-0.05, 0) is 37.1 Å². The molecule has 0 aliphatic heterocycles. The van der Waals surface area contributed by atoms with E-state index in [1.165, 1.54) is 0 Å². The zero-order chi connectivity index (χ0) is 9.68. The summed E-state index contributed by atoms with van der Waals surface area (Å²) in [5, 5.41) is 0. The number of nitrogens with two attached hydrogens (primary N) is 1. The summed E-state index contributed by atoms with van der Waals surface area (Å²) in [5.74, 6) is 5.88. The first-order valence-electron chi connectivity index (χ1n) is 4.32. The molecular formula is C10H15NO2. The second kappa shape index (κ2) is 4.84. The molecular weight excluding hydrogens is 166 g/mol. The summed E-state index contributed by atoms with van der Waals surface area (Å²) in [6.45, 7) is 5.10. The topological polar surface area (TPSA) is 44.5 Å². The Bertz CT molecular complexity index is 274. The van der Waals surface area contributed by atoms with E-state index in [0.717, 1.165) is 16.9 Å². The fourth-order valence-electron chi connectivity index (χ4n) is 1.18. The number of ether oxygens (including phenoxy) is 1. The van der Waals surface area contributed by atoms with Crippen LogP contribution in [0.4, 0.5) is 0 Å². The number of rotatable bonds is 4. The maximum absolute atomic E-state index is 5.35. The third kappa shape index (κ3) is 2.72. The van der Waals surface area contributed by atoms with Gasteiger partial charge in [0.05, 0.1) is 13.2 Å². The van der Waals surface area contributed by atoms with Crippen LogP contribution in [0.1, 0.15) is 18.1 Å². The normalized spacial score (nSPS) is 10.1. The van der Waals surface area contributed by atoms with E-state index in [4.69, 9.17) is 10.6 Å². The quantitative estimate of drug-likeness (QED) is 0.720. The van der Waals surface area contributed by atoms with Crippen LogP contribution in [0.25, 0.3) is 0 Å².